The van der Waals surface area contributed by atoms with Gasteiger partial charge in [-0.2, -0.15) is 0 Å². The molecule has 0 aliphatic rings. The van der Waals surface area contributed by atoms with Crippen molar-refractivity contribution in [3.8, 4) is 22.2 Å². The maximum atomic E-state index is 15.1. The first-order valence-corrected chi connectivity index (χ1v) is 13.2. The molecule has 0 saturated carbocycles. The summed E-state index contributed by atoms with van der Waals surface area (Å²) < 4.78 is 32.2. The summed E-state index contributed by atoms with van der Waals surface area (Å²) in [6.07, 6.45) is 1.24. The van der Waals surface area contributed by atoms with E-state index in [0.717, 1.165) is 16.8 Å². The molecule has 3 heterocycles. The third kappa shape index (κ3) is 5.86. The Kier molecular flexibility index (Phi) is 7.76. The van der Waals surface area contributed by atoms with Crippen molar-refractivity contribution >= 4 is 49.9 Å². The fourth-order valence-corrected chi connectivity index (χ4v) is 5.22. The van der Waals surface area contributed by atoms with Gasteiger partial charge in [-0.15, -0.1) is 11.3 Å². The van der Waals surface area contributed by atoms with Crippen molar-refractivity contribution in [2.75, 3.05) is 19.0 Å². The van der Waals surface area contributed by atoms with E-state index in [-0.39, 0.29) is 17.4 Å². The summed E-state index contributed by atoms with van der Waals surface area (Å²) in [5, 5.41) is 13.4. The first kappa shape index (κ1) is 26.9. The van der Waals surface area contributed by atoms with Crippen LogP contribution in [0.25, 0.3) is 31.8 Å². The van der Waals surface area contributed by atoms with E-state index in [9.17, 15) is 5.11 Å². The van der Waals surface area contributed by atoms with E-state index >= 15 is 4.39 Å². The van der Waals surface area contributed by atoms with Crippen molar-refractivity contribution in [1.29, 1.82) is 0 Å². The third-order valence-electron chi connectivity index (χ3n) is 5.78. The van der Waals surface area contributed by atoms with Crippen molar-refractivity contribution in [1.82, 2.24) is 19.9 Å². The number of halogens is 2. The molecule has 202 valence electrons. The summed E-state index contributed by atoms with van der Waals surface area (Å²) in [6.45, 7) is 5.47. The van der Waals surface area contributed by atoms with E-state index in [4.69, 9.17) is 25.8 Å². The quantitative estimate of drug-likeness (QED) is 0.210. The van der Waals surface area contributed by atoms with E-state index in [2.05, 4.69) is 25.3 Å². The second kappa shape index (κ2) is 11.2. The van der Waals surface area contributed by atoms with Crippen LogP contribution in [0.5, 0.6) is 11.6 Å². The number of nitrogens with zero attached hydrogens (tertiary/aromatic N) is 4. The molecular formula is C27H25ClFN5O4S. The van der Waals surface area contributed by atoms with Crippen molar-refractivity contribution in [2.24, 2.45) is 0 Å². The number of hydrogen-bond donors (Lipinski definition) is 2. The van der Waals surface area contributed by atoms with Gasteiger partial charge in [-0.25, -0.2) is 19.3 Å². The van der Waals surface area contributed by atoms with Gasteiger partial charge in [0.05, 0.1) is 47.0 Å². The minimum atomic E-state index is -1.31. The minimum Gasteiger partial charge on any atom is -0.488 e. The Balaban J connectivity index is 1.35. The van der Waals surface area contributed by atoms with Crippen LogP contribution in [0.4, 0.5) is 10.1 Å². The van der Waals surface area contributed by atoms with Crippen LogP contribution in [0.1, 0.15) is 18.2 Å². The molecular weight excluding hydrogens is 545 g/mol. The van der Waals surface area contributed by atoms with Crippen LogP contribution in [0, 0.1) is 19.7 Å². The molecule has 0 amide bonds. The summed E-state index contributed by atoms with van der Waals surface area (Å²) in [7, 11) is 1.53. The molecule has 5 aromatic rings. The average Bonchev–Trinajstić information content (AvgIpc) is 3.34. The van der Waals surface area contributed by atoms with Crippen LogP contribution < -0.4 is 14.8 Å². The summed E-state index contributed by atoms with van der Waals surface area (Å²) in [6, 6.07) is 9.00. The normalized spacial score (nSPS) is 13.0. The van der Waals surface area contributed by atoms with Crippen LogP contribution in [0.3, 0.4) is 0 Å². The van der Waals surface area contributed by atoms with E-state index in [1.807, 2.05) is 26.0 Å². The molecule has 5 rings (SSSR count). The first-order valence-electron chi connectivity index (χ1n) is 12.0. The Labute approximate surface area is 232 Å². The summed E-state index contributed by atoms with van der Waals surface area (Å²) in [5.41, 5.74) is 4.80. The summed E-state index contributed by atoms with van der Waals surface area (Å²) in [5.74, 6) is -0.359. The highest BCUT2D eigenvalue weighted by Gasteiger charge is 2.21. The number of aryl methyl sites for hydroxylation is 2. The second-order valence-electron chi connectivity index (χ2n) is 8.90. The molecule has 0 fully saturated rings. The molecule has 0 saturated heterocycles. The SMILES string of the molecule is COc1cnc2c(-c3nc4c(Cl)c(F)c(OC[C@@H](C)OC(O)Nc5ccc(C)nc5)cc4s3)cc(C)cc2n1. The summed E-state index contributed by atoms with van der Waals surface area (Å²) >= 11 is 7.72. The number of rotatable bonds is 9. The lowest BCUT2D eigenvalue weighted by Gasteiger charge is -2.20. The number of aliphatic hydroxyl groups excluding tert-OH is 1. The molecule has 2 atom stereocenters. The molecule has 0 aliphatic carbocycles. The number of benzene rings is 2. The van der Waals surface area contributed by atoms with Crippen molar-refractivity contribution in [2.45, 2.75) is 33.3 Å². The monoisotopic (exact) mass is 569 g/mol. The maximum Gasteiger partial charge on any atom is 0.235 e. The number of fused-ring (bicyclic) bond motifs is 2. The lowest BCUT2D eigenvalue weighted by atomic mass is 10.1. The maximum absolute atomic E-state index is 15.1. The molecule has 3 aromatic heterocycles. The third-order valence-corrected chi connectivity index (χ3v) is 7.16. The molecule has 1 unspecified atom stereocenters. The number of ether oxygens (including phenoxy) is 3. The molecule has 2 aromatic carbocycles. The Morgan fingerprint density at radius 2 is 1.92 bits per heavy atom. The molecule has 12 heteroatoms. The molecule has 39 heavy (non-hydrogen) atoms. The number of methoxy groups -OCH3 is 1. The lowest BCUT2D eigenvalue weighted by Crippen LogP contribution is -2.30. The van der Waals surface area contributed by atoms with Crippen LogP contribution in [0.2, 0.25) is 5.02 Å². The fourth-order valence-electron chi connectivity index (χ4n) is 3.91. The highest BCUT2D eigenvalue weighted by molar-refractivity contribution is 7.21. The van der Waals surface area contributed by atoms with E-state index in [1.165, 1.54) is 18.4 Å². The number of pyridine rings is 1. The average molecular weight is 570 g/mol. The van der Waals surface area contributed by atoms with Gasteiger partial charge >= 0.3 is 0 Å². The zero-order valence-corrected chi connectivity index (χ0v) is 23.1. The predicted molar refractivity (Wildman–Crippen MR) is 149 cm³/mol. The Bertz CT molecular complexity index is 1650. The van der Waals surface area contributed by atoms with Gasteiger partial charge < -0.3 is 24.6 Å². The smallest absolute Gasteiger partial charge is 0.235 e. The van der Waals surface area contributed by atoms with Gasteiger partial charge in [0.25, 0.3) is 0 Å². The highest BCUT2D eigenvalue weighted by Crippen LogP contribution is 2.40. The fraction of sp³-hybridized carbons (Fsp3) is 0.259. The van der Waals surface area contributed by atoms with Gasteiger partial charge in [0, 0.05) is 17.3 Å². The number of aliphatic hydroxyl groups is 1. The molecule has 2 N–H and O–H groups in total. The van der Waals surface area contributed by atoms with E-state index < -0.39 is 18.3 Å². The van der Waals surface area contributed by atoms with Crippen molar-refractivity contribution < 1.29 is 23.7 Å². The standard InChI is InChI=1S/C27H25ClFN5O4S/c1-13-7-17(24-18(8-13)33-21(36-4)11-31-24)26-34-25-20(39-26)9-19(23(29)22(25)28)37-12-15(3)38-27(35)32-16-6-5-14(2)30-10-16/h5-11,15,27,32,35H,12H2,1-4H3/t15-,27?/m1/s1. The van der Waals surface area contributed by atoms with Gasteiger partial charge in [-0.1, -0.05) is 11.6 Å². The van der Waals surface area contributed by atoms with Crippen molar-refractivity contribution in [3.63, 3.8) is 0 Å². The molecule has 0 aliphatic heterocycles. The van der Waals surface area contributed by atoms with Gasteiger partial charge in [-0.3, -0.25) is 4.98 Å². The number of anilines is 1. The molecule has 0 bridgehead atoms. The lowest BCUT2D eigenvalue weighted by molar-refractivity contribution is -0.121. The van der Waals surface area contributed by atoms with Crippen LogP contribution in [-0.2, 0) is 4.74 Å². The Morgan fingerprint density at radius 3 is 2.67 bits per heavy atom. The zero-order valence-electron chi connectivity index (χ0n) is 21.5. The Hall–Kier alpha value is -3.64. The number of aromatic nitrogens is 4. The largest absolute Gasteiger partial charge is 0.488 e. The highest BCUT2D eigenvalue weighted by atomic mass is 35.5. The van der Waals surface area contributed by atoms with Crippen molar-refractivity contribution in [3.05, 3.63) is 64.8 Å². The van der Waals surface area contributed by atoms with Crippen LogP contribution in [0.15, 0.2) is 42.7 Å². The minimum absolute atomic E-state index is 0.0325. The van der Waals surface area contributed by atoms with Crippen LogP contribution >= 0.6 is 22.9 Å². The molecule has 9 nitrogen and oxygen atoms in total. The van der Waals surface area contributed by atoms with Gasteiger partial charge in [0.2, 0.25) is 12.3 Å². The van der Waals surface area contributed by atoms with Crippen LogP contribution in [-0.4, -0.2) is 51.3 Å². The van der Waals surface area contributed by atoms with Gasteiger partial charge in [-0.05, 0) is 50.6 Å². The first-order chi connectivity index (χ1) is 18.7. The number of nitrogens with one attached hydrogen (secondary N) is 1. The number of hydrogen-bond acceptors (Lipinski definition) is 10. The molecule has 0 spiro atoms. The topological polar surface area (TPSA) is 112 Å². The Morgan fingerprint density at radius 1 is 1.10 bits per heavy atom. The van der Waals surface area contributed by atoms with E-state index in [0.29, 0.717) is 37.8 Å². The van der Waals surface area contributed by atoms with Gasteiger partial charge in [0.15, 0.2) is 11.6 Å². The summed E-state index contributed by atoms with van der Waals surface area (Å²) in [4.78, 5) is 17.8. The predicted octanol–water partition coefficient (Wildman–Crippen LogP) is 5.89. The zero-order chi connectivity index (χ0) is 27.7. The number of thiazole rings is 1. The van der Waals surface area contributed by atoms with E-state index in [1.54, 1.807) is 37.5 Å². The van der Waals surface area contributed by atoms with Gasteiger partial charge in [0.1, 0.15) is 22.2 Å². The molecule has 0 radical (unpaired) electrons. The second-order valence-corrected chi connectivity index (χ2v) is 10.3.